The van der Waals surface area contributed by atoms with Gasteiger partial charge in [0.2, 0.25) is 0 Å². The molecular weight excluding hydrogens is 330 g/mol. The second-order valence-electron chi connectivity index (χ2n) is 6.18. The fraction of sp³-hybridized carbons (Fsp3) is 0.250. The number of hydrogen-bond acceptors (Lipinski definition) is 4. The molecule has 0 atom stereocenters. The van der Waals surface area contributed by atoms with Crippen molar-refractivity contribution in [1.82, 2.24) is 0 Å². The van der Waals surface area contributed by atoms with Crippen LogP contribution in [0.4, 0.5) is 5.69 Å². The van der Waals surface area contributed by atoms with Gasteiger partial charge in [0.25, 0.3) is 0 Å². The lowest BCUT2D eigenvalue weighted by molar-refractivity contribution is 0.297. The first-order chi connectivity index (χ1) is 12.7. The fourth-order valence-electron chi connectivity index (χ4n) is 2.96. The molecule has 0 fully saturated rings. The Balaban J connectivity index is 1.48. The number of hydrogen-bond donors (Lipinski definition) is 2. The third kappa shape index (κ3) is 3.31. The average molecular weight is 351 g/mol. The van der Waals surface area contributed by atoms with E-state index in [4.69, 9.17) is 19.6 Å². The van der Waals surface area contributed by atoms with Crippen LogP contribution >= 0.6 is 0 Å². The van der Waals surface area contributed by atoms with Gasteiger partial charge in [-0.15, -0.1) is 0 Å². The summed E-state index contributed by atoms with van der Waals surface area (Å²) < 4.78 is 17.2. The van der Waals surface area contributed by atoms with Crippen LogP contribution in [0.25, 0.3) is 11.0 Å². The number of aryl methyl sites for hydroxylation is 1. The van der Waals surface area contributed by atoms with Gasteiger partial charge in [-0.1, -0.05) is 18.2 Å². The Kier molecular flexibility index (Phi) is 4.39. The van der Waals surface area contributed by atoms with Crippen molar-refractivity contribution in [2.75, 3.05) is 18.5 Å². The Morgan fingerprint density at radius 3 is 2.77 bits per heavy atom. The smallest absolute Gasteiger partial charge is 0.193 e. The van der Waals surface area contributed by atoms with Crippen molar-refractivity contribution in [2.24, 2.45) is 10.7 Å². The van der Waals surface area contributed by atoms with Gasteiger partial charge < -0.3 is 24.9 Å². The van der Waals surface area contributed by atoms with E-state index in [1.54, 1.807) is 0 Å². The lowest BCUT2D eigenvalue weighted by Gasteiger charge is -2.10. The Morgan fingerprint density at radius 2 is 1.92 bits per heavy atom. The normalized spacial score (nSPS) is 14.3. The van der Waals surface area contributed by atoms with Gasteiger partial charge in [-0.2, -0.15) is 0 Å². The molecule has 4 rings (SSSR count). The van der Waals surface area contributed by atoms with E-state index in [0.717, 1.165) is 40.2 Å². The number of nitrogens with one attached hydrogen (secondary N) is 1. The van der Waals surface area contributed by atoms with Gasteiger partial charge in [0.1, 0.15) is 17.9 Å². The summed E-state index contributed by atoms with van der Waals surface area (Å²) in [7, 11) is 0. The largest absolute Gasteiger partial charge is 0.490 e. The lowest BCUT2D eigenvalue weighted by atomic mass is 10.1. The highest BCUT2D eigenvalue weighted by molar-refractivity contribution is 5.92. The molecule has 6 nitrogen and oxygen atoms in total. The van der Waals surface area contributed by atoms with Crippen molar-refractivity contribution in [3.8, 4) is 11.5 Å². The summed E-state index contributed by atoms with van der Waals surface area (Å²) >= 11 is 0. The summed E-state index contributed by atoms with van der Waals surface area (Å²) in [5, 5.41) is 4.19. The molecule has 0 unspecified atom stereocenters. The van der Waals surface area contributed by atoms with Gasteiger partial charge in [0.05, 0.1) is 13.2 Å². The number of benzene rings is 2. The number of fused-ring (bicyclic) bond motifs is 2. The second kappa shape index (κ2) is 7.00. The van der Waals surface area contributed by atoms with Gasteiger partial charge in [0.15, 0.2) is 17.5 Å². The number of ether oxygens (including phenoxy) is 2. The summed E-state index contributed by atoms with van der Waals surface area (Å²) in [6, 6.07) is 13.6. The maximum absolute atomic E-state index is 6.03. The molecule has 134 valence electrons. The van der Waals surface area contributed by atoms with Crippen LogP contribution in [0.3, 0.4) is 0 Å². The first-order valence-electron chi connectivity index (χ1n) is 8.64. The highest BCUT2D eigenvalue weighted by Gasteiger charge is 2.12. The van der Waals surface area contributed by atoms with Crippen molar-refractivity contribution in [3.05, 3.63) is 53.8 Å². The zero-order valence-electron chi connectivity index (χ0n) is 14.6. The minimum Gasteiger partial charge on any atom is -0.490 e. The topological polar surface area (TPSA) is 82.0 Å². The molecule has 1 aliphatic heterocycles. The number of rotatable bonds is 3. The van der Waals surface area contributed by atoms with Crippen molar-refractivity contribution >= 4 is 22.6 Å². The Hall–Kier alpha value is -3.15. The molecule has 3 aromatic rings. The van der Waals surface area contributed by atoms with Crippen molar-refractivity contribution in [3.63, 3.8) is 0 Å². The molecule has 3 N–H and O–H groups in total. The summed E-state index contributed by atoms with van der Waals surface area (Å²) in [6.07, 6.45) is 0.873. The van der Waals surface area contributed by atoms with E-state index < -0.39 is 0 Å². The van der Waals surface area contributed by atoms with Crippen LogP contribution in [0.2, 0.25) is 0 Å². The number of para-hydroxylation sites is 1. The van der Waals surface area contributed by atoms with Gasteiger partial charge in [-0.3, -0.25) is 0 Å². The SMILES string of the molecule is Cc1c(CN=C(N)Nc2ccc3c(c2)OCCCO3)oc2ccccc12. The molecule has 26 heavy (non-hydrogen) atoms. The number of anilines is 1. The predicted octanol–water partition coefficient (Wildman–Crippen LogP) is 3.83. The first kappa shape index (κ1) is 16.3. The summed E-state index contributed by atoms with van der Waals surface area (Å²) in [5.74, 6) is 2.60. The van der Waals surface area contributed by atoms with E-state index >= 15 is 0 Å². The van der Waals surface area contributed by atoms with Gasteiger partial charge >= 0.3 is 0 Å². The van der Waals surface area contributed by atoms with Crippen LogP contribution in [0, 0.1) is 6.92 Å². The molecule has 1 aliphatic rings. The predicted molar refractivity (Wildman–Crippen MR) is 102 cm³/mol. The molecular formula is C20H21N3O3. The quantitative estimate of drug-likeness (QED) is 0.553. The van der Waals surface area contributed by atoms with Gasteiger partial charge in [-0.25, -0.2) is 4.99 Å². The maximum Gasteiger partial charge on any atom is 0.193 e. The molecule has 2 aromatic carbocycles. The molecule has 0 saturated heterocycles. The maximum atomic E-state index is 6.03. The second-order valence-corrected chi connectivity index (χ2v) is 6.18. The number of nitrogens with two attached hydrogens (primary N) is 1. The van der Waals surface area contributed by atoms with Crippen LogP contribution < -0.4 is 20.5 Å². The third-order valence-electron chi connectivity index (χ3n) is 4.36. The van der Waals surface area contributed by atoms with E-state index in [9.17, 15) is 0 Å². The first-order valence-corrected chi connectivity index (χ1v) is 8.64. The van der Waals surface area contributed by atoms with E-state index in [1.165, 1.54) is 0 Å². The van der Waals surface area contributed by atoms with Crippen LogP contribution in [-0.4, -0.2) is 19.2 Å². The van der Waals surface area contributed by atoms with Crippen LogP contribution in [0.15, 0.2) is 51.9 Å². The monoisotopic (exact) mass is 351 g/mol. The Bertz CT molecular complexity index is 962. The van der Waals surface area contributed by atoms with Crippen molar-refractivity contribution < 1.29 is 13.9 Å². The molecule has 6 heteroatoms. The Morgan fingerprint density at radius 1 is 1.12 bits per heavy atom. The van der Waals surface area contributed by atoms with Crippen LogP contribution in [0.5, 0.6) is 11.5 Å². The highest BCUT2D eigenvalue weighted by atomic mass is 16.5. The molecule has 0 bridgehead atoms. The van der Waals surface area contributed by atoms with E-state index in [-0.39, 0.29) is 0 Å². The molecule has 0 aliphatic carbocycles. The van der Waals surface area contributed by atoms with Crippen molar-refractivity contribution in [2.45, 2.75) is 19.9 Å². The average Bonchev–Trinajstić information content (AvgIpc) is 2.81. The third-order valence-corrected chi connectivity index (χ3v) is 4.36. The number of aliphatic imine (C=N–C) groups is 1. The fourth-order valence-corrected chi connectivity index (χ4v) is 2.96. The molecule has 0 radical (unpaired) electrons. The van der Waals surface area contributed by atoms with Gasteiger partial charge in [-0.05, 0) is 25.1 Å². The number of guanidine groups is 1. The number of furan rings is 1. The number of nitrogens with zero attached hydrogens (tertiary/aromatic N) is 1. The minimum atomic E-state index is 0.319. The highest BCUT2D eigenvalue weighted by Crippen LogP contribution is 2.32. The molecule has 1 aromatic heterocycles. The summed E-state index contributed by atoms with van der Waals surface area (Å²) in [4.78, 5) is 4.39. The zero-order chi connectivity index (χ0) is 17.9. The molecule has 0 amide bonds. The van der Waals surface area contributed by atoms with E-state index in [1.807, 2.05) is 49.4 Å². The Labute approximate surface area is 151 Å². The van der Waals surface area contributed by atoms with Crippen LogP contribution in [-0.2, 0) is 6.54 Å². The molecule has 0 spiro atoms. The summed E-state index contributed by atoms with van der Waals surface area (Å²) in [5.41, 5.74) is 8.79. The lowest BCUT2D eigenvalue weighted by Crippen LogP contribution is -2.22. The van der Waals surface area contributed by atoms with E-state index in [0.29, 0.717) is 31.5 Å². The van der Waals surface area contributed by atoms with Crippen LogP contribution in [0.1, 0.15) is 17.7 Å². The standard InChI is InChI=1S/C20H21N3O3/c1-13-15-5-2-3-6-16(15)26-19(13)12-22-20(21)23-14-7-8-17-18(11-14)25-10-4-9-24-17/h2-3,5-8,11H,4,9-10,12H2,1H3,(H3,21,22,23). The minimum absolute atomic E-state index is 0.319. The van der Waals surface area contributed by atoms with E-state index in [2.05, 4.69) is 10.3 Å². The van der Waals surface area contributed by atoms with Crippen molar-refractivity contribution in [1.29, 1.82) is 0 Å². The molecule has 2 heterocycles. The molecule has 0 saturated carbocycles. The summed E-state index contributed by atoms with van der Waals surface area (Å²) in [6.45, 7) is 3.72. The zero-order valence-corrected chi connectivity index (χ0v) is 14.6. The van der Waals surface area contributed by atoms with Gasteiger partial charge in [0, 0.05) is 29.1 Å².